The summed E-state index contributed by atoms with van der Waals surface area (Å²) in [6, 6.07) is 9.98. The highest BCUT2D eigenvalue weighted by Gasteiger charge is 2.07. The number of aromatic amines is 1. The number of rotatable bonds is 1. The molecule has 3 aromatic rings. The summed E-state index contributed by atoms with van der Waals surface area (Å²) in [6.45, 7) is 0. The largest absolute Gasteiger partial charge is 0.273 e. The highest BCUT2D eigenvalue weighted by molar-refractivity contribution is 5.86. The number of aromatic nitrogens is 4. The van der Waals surface area contributed by atoms with E-state index in [2.05, 4.69) is 20.2 Å². The van der Waals surface area contributed by atoms with Crippen molar-refractivity contribution in [3.8, 4) is 11.3 Å². The molecule has 4 heteroatoms. The Bertz CT molecular complexity index is 586. The van der Waals surface area contributed by atoms with Gasteiger partial charge >= 0.3 is 0 Å². The standard InChI is InChI=1S/C11H8N4/c1-2-4-8(5-3-1)9-10-11(15-14-9)13-7-6-12-10/h1-7H,(H,13,14,15). The van der Waals surface area contributed by atoms with Crippen LogP contribution in [0.1, 0.15) is 0 Å². The molecule has 0 saturated heterocycles. The van der Waals surface area contributed by atoms with E-state index in [1.165, 1.54) is 0 Å². The maximum atomic E-state index is 4.26. The molecule has 0 fully saturated rings. The van der Waals surface area contributed by atoms with Gasteiger partial charge in [-0.3, -0.25) is 5.10 Å². The molecular weight excluding hydrogens is 188 g/mol. The summed E-state index contributed by atoms with van der Waals surface area (Å²) in [6.07, 6.45) is 3.31. The van der Waals surface area contributed by atoms with E-state index in [-0.39, 0.29) is 0 Å². The van der Waals surface area contributed by atoms with Crippen molar-refractivity contribution in [3.05, 3.63) is 42.7 Å². The van der Waals surface area contributed by atoms with Gasteiger partial charge in [-0.2, -0.15) is 5.10 Å². The molecule has 0 atom stereocenters. The Kier molecular flexibility index (Phi) is 1.71. The van der Waals surface area contributed by atoms with E-state index in [0.29, 0.717) is 5.65 Å². The van der Waals surface area contributed by atoms with Crippen molar-refractivity contribution < 1.29 is 0 Å². The third-order valence-electron chi connectivity index (χ3n) is 2.25. The Morgan fingerprint density at radius 2 is 1.73 bits per heavy atom. The Morgan fingerprint density at radius 1 is 0.933 bits per heavy atom. The second-order valence-corrected chi connectivity index (χ2v) is 3.19. The van der Waals surface area contributed by atoms with Gasteiger partial charge in [-0.05, 0) is 0 Å². The first-order valence-corrected chi connectivity index (χ1v) is 4.65. The van der Waals surface area contributed by atoms with Crippen molar-refractivity contribution in [1.29, 1.82) is 0 Å². The number of H-pyrrole nitrogens is 1. The number of fused-ring (bicyclic) bond motifs is 1. The molecule has 0 amide bonds. The molecule has 2 aromatic heterocycles. The third kappa shape index (κ3) is 1.27. The van der Waals surface area contributed by atoms with Crippen LogP contribution in [0.15, 0.2) is 42.7 Å². The zero-order valence-corrected chi connectivity index (χ0v) is 7.88. The van der Waals surface area contributed by atoms with Crippen LogP contribution in [0.4, 0.5) is 0 Å². The first-order valence-electron chi connectivity index (χ1n) is 4.65. The van der Waals surface area contributed by atoms with Gasteiger partial charge in [0, 0.05) is 18.0 Å². The van der Waals surface area contributed by atoms with Crippen molar-refractivity contribution in [2.24, 2.45) is 0 Å². The maximum absolute atomic E-state index is 4.26. The summed E-state index contributed by atoms with van der Waals surface area (Å²) in [5, 5.41) is 7.05. The molecule has 0 radical (unpaired) electrons. The predicted octanol–water partition coefficient (Wildman–Crippen LogP) is 2.02. The van der Waals surface area contributed by atoms with E-state index in [9.17, 15) is 0 Å². The minimum atomic E-state index is 0.649. The molecule has 2 heterocycles. The highest BCUT2D eigenvalue weighted by Crippen LogP contribution is 2.22. The van der Waals surface area contributed by atoms with Gasteiger partial charge < -0.3 is 0 Å². The second kappa shape index (κ2) is 3.16. The molecule has 0 aliphatic carbocycles. The highest BCUT2D eigenvalue weighted by atomic mass is 15.2. The van der Waals surface area contributed by atoms with E-state index in [1.54, 1.807) is 12.4 Å². The quantitative estimate of drug-likeness (QED) is 0.647. The molecule has 0 spiro atoms. The third-order valence-corrected chi connectivity index (χ3v) is 2.25. The zero-order valence-electron chi connectivity index (χ0n) is 7.88. The number of benzene rings is 1. The fraction of sp³-hybridized carbons (Fsp3) is 0. The van der Waals surface area contributed by atoms with Gasteiger partial charge in [0.15, 0.2) is 5.65 Å². The van der Waals surface area contributed by atoms with Gasteiger partial charge in [0.1, 0.15) is 5.52 Å². The number of hydrogen-bond acceptors (Lipinski definition) is 3. The lowest BCUT2D eigenvalue weighted by atomic mass is 10.1. The molecule has 0 aliphatic rings. The SMILES string of the molecule is c1ccc(-c2[nH]nc3nccnc23)cc1. The molecule has 1 aromatic carbocycles. The van der Waals surface area contributed by atoms with Crippen LogP contribution < -0.4 is 0 Å². The molecule has 3 rings (SSSR count). The normalized spacial score (nSPS) is 10.7. The van der Waals surface area contributed by atoms with E-state index in [4.69, 9.17) is 0 Å². The molecule has 15 heavy (non-hydrogen) atoms. The van der Waals surface area contributed by atoms with Gasteiger partial charge in [0.25, 0.3) is 0 Å². The lowest BCUT2D eigenvalue weighted by Gasteiger charge is -1.95. The van der Waals surface area contributed by atoms with E-state index in [0.717, 1.165) is 16.8 Å². The molecule has 0 aliphatic heterocycles. The average molecular weight is 196 g/mol. The van der Waals surface area contributed by atoms with Gasteiger partial charge in [0.05, 0.1) is 5.69 Å². The van der Waals surface area contributed by atoms with Crippen molar-refractivity contribution in [3.63, 3.8) is 0 Å². The first-order chi connectivity index (χ1) is 7.45. The molecule has 0 unspecified atom stereocenters. The Balaban J connectivity index is 2.28. The fourth-order valence-corrected chi connectivity index (χ4v) is 1.56. The summed E-state index contributed by atoms with van der Waals surface area (Å²) < 4.78 is 0. The Labute approximate surface area is 86.0 Å². The first kappa shape index (κ1) is 8.11. The van der Waals surface area contributed by atoms with Crippen molar-refractivity contribution in [1.82, 2.24) is 20.2 Å². The van der Waals surface area contributed by atoms with Crippen molar-refractivity contribution >= 4 is 11.2 Å². The van der Waals surface area contributed by atoms with Crippen LogP contribution in [0.5, 0.6) is 0 Å². The van der Waals surface area contributed by atoms with Crippen molar-refractivity contribution in [2.75, 3.05) is 0 Å². The summed E-state index contributed by atoms with van der Waals surface area (Å²) in [5.74, 6) is 0. The lowest BCUT2D eigenvalue weighted by Crippen LogP contribution is -1.80. The van der Waals surface area contributed by atoms with Crippen molar-refractivity contribution in [2.45, 2.75) is 0 Å². The average Bonchev–Trinajstić information content (AvgIpc) is 2.74. The number of hydrogen-bond donors (Lipinski definition) is 1. The number of nitrogens with zero attached hydrogens (tertiary/aromatic N) is 3. The number of nitrogens with one attached hydrogen (secondary N) is 1. The summed E-state index contributed by atoms with van der Waals surface area (Å²) in [7, 11) is 0. The van der Waals surface area contributed by atoms with Crippen LogP contribution in [-0.4, -0.2) is 20.2 Å². The second-order valence-electron chi connectivity index (χ2n) is 3.19. The Hall–Kier alpha value is -2.23. The maximum Gasteiger partial charge on any atom is 0.200 e. The predicted molar refractivity (Wildman–Crippen MR) is 57.1 cm³/mol. The van der Waals surface area contributed by atoms with E-state index < -0.39 is 0 Å². The molecule has 1 N–H and O–H groups in total. The van der Waals surface area contributed by atoms with Crippen LogP contribution in [0.2, 0.25) is 0 Å². The molecule has 72 valence electrons. The smallest absolute Gasteiger partial charge is 0.200 e. The van der Waals surface area contributed by atoms with Gasteiger partial charge in [-0.25, -0.2) is 9.97 Å². The van der Waals surface area contributed by atoms with Crippen LogP contribution in [0, 0.1) is 0 Å². The van der Waals surface area contributed by atoms with Crippen LogP contribution in [0.25, 0.3) is 22.4 Å². The Morgan fingerprint density at radius 3 is 2.60 bits per heavy atom. The van der Waals surface area contributed by atoms with E-state index >= 15 is 0 Å². The summed E-state index contributed by atoms with van der Waals surface area (Å²) in [4.78, 5) is 8.38. The van der Waals surface area contributed by atoms with E-state index in [1.807, 2.05) is 30.3 Å². The fourth-order valence-electron chi connectivity index (χ4n) is 1.56. The monoisotopic (exact) mass is 196 g/mol. The molecular formula is C11H8N4. The topological polar surface area (TPSA) is 54.5 Å². The summed E-state index contributed by atoms with van der Waals surface area (Å²) >= 11 is 0. The van der Waals surface area contributed by atoms with Crippen LogP contribution in [-0.2, 0) is 0 Å². The van der Waals surface area contributed by atoms with Gasteiger partial charge in [-0.1, -0.05) is 30.3 Å². The van der Waals surface area contributed by atoms with Gasteiger partial charge in [-0.15, -0.1) is 0 Å². The summed E-state index contributed by atoms with van der Waals surface area (Å²) in [5.41, 5.74) is 3.44. The molecule has 0 saturated carbocycles. The molecule has 4 nitrogen and oxygen atoms in total. The lowest BCUT2D eigenvalue weighted by molar-refractivity contribution is 1.10. The van der Waals surface area contributed by atoms with Crippen LogP contribution >= 0.6 is 0 Å². The zero-order chi connectivity index (χ0) is 10.1. The van der Waals surface area contributed by atoms with Crippen LogP contribution in [0.3, 0.4) is 0 Å². The minimum Gasteiger partial charge on any atom is -0.273 e. The van der Waals surface area contributed by atoms with Gasteiger partial charge in [0.2, 0.25) is 0 Å². The minimum absolute atomic E-state index is 0.649. The molecule has 0 bridgehead atoms.